The first-order valence-corrected chi connectivity index (χ1v) is 4.70. The van der Waals surface area contributed by atoms with Crippen molar-refractivity contribution in [2.75, 3.05) is 12.3 Å². The van der Waals surface area contributed by atoms with Crippen molar-refractivity contribution >= 4 is 5.69 Å². The van der Waals surface area contributed by atoms with E-state index in [1.54, 1.807) is 0 Å². The second kappa shape index (κ2) is 3.46. The van der Waals surface area contributed by atoms with Crippen LogP contribution in [0.5, 0.6) is 5.75 Å². The molecule has 1 heterocycles. The van der Waals surface area contributed by atoms with E-state index in [9.17, 15) is 9.50 Å². The molecule has 1 aliphatic heterocycles. The summed E-state index contributed by atoms with van der Waals surface area (Å²) < 4.78 is 13.4. The Kier molecular flexibility index (Phi) is 2.29. The zero-order chi connectivity index (χ0) is 10.1. The topological polar surface area (TPSA) is 58.3 Å². The second-order valence-corrected chi connectivity index (χ2v) is 3.55. The summed E-state index contributed by atoms with van der Waals surface area (Å²) in [5.74, 6) is -0.513. The molecule has 1 aliphatic rings. The molecule has 76 valence electrons. The fourth-order valence-corrected chi connectivity index (χ4v) is 1.86. The van der Waals surface area contributed by atoms with Crippen LogP contribution in [-0.4, -0.2) is 11.7 Å². The highest BCUT2D eigenvalue weighted by molar-refractivity contribution is 5.57. The molecule has 1 aromatic carbocycles. The average molecular weight is 196 g/mol. The highest BCUT2D eigenvalue weighted by Crippen LogP contribution is 2.35. The minimum atomic E-state index is -0.392. The van der Waals surface area contributed by atoms with E-state index < -0.39 is 5.82 Å². The van der Waals surface area contributed by atoms with Gasteiger partial charge in [0.2, 0.25) is 0 Å². The van der Waals surface area contributed by atoms with Crippen LogP contribution in [0.3, 0.4) is 0 Å². The van der Waals surface area contributed by atoms with Crippen LogP contribution in [0.2, 0.25) is 0 Å². The third-order valence-electron chi connectivity index (χ3n) is 2.60. The Morgan fingerprint density at radius 3 is 2.93 bits per heavy atom. The first-order valence-electron chi connectivity index (χ1n) is 4.70. The summed E-state index contributed by atoms with van der Waals surface area (Å²) in [7, 11) is 0. The number of phenols is 1. The van der Waals surface area contributed by atoms with Crippen LogP contribution in [0.25, 0.3) is 0 Å². The zero-order valence-corrected chi connectivity index (χ0v) is 7.76. The van der Waals surface area contributed by atoms with Crippen molar-refractivity contribution in [2.24, 2.45) is 0 Å². The van der Waals surface area contributed by atoms with Crippen molar-refractivity contribution in [3.05, 3.63) is 23.5 Å². The summed E-state index contributed by atoms with van der Waals surface area (Å²) in [6.07, 6.45) is 1.84. The number of hydrogen-bond donors (Lipinski definition) is 3. The highest BCUT2D eigenvalue weighted by Gasteiger charge is 2.23. The van der Waals surface area contributed by atoms with Gasteiger partial charge in [0.1, 0.15) is 11.6 Å². The Labute approximate surface area is 81.7 Å². The van der Waals surface area contributed by atoms with E-state index in [1.165, 1.54) is 12.1 Å². The van der Waals surface area contributed by atoms with Crippen molar-refractivity contribution < 1.29 is 9.50 Å². The first-order chi connectivity index (χ1) is 6.70. The molecule has 1 fully saturated rings. The fourth-order valence-electron chi connectivity index (χ4n) is 1.86. The highest BCUT2D eigenvalue weighted by atomic mass is 19.1. The van der Waals surface area contributed by atoms with E-state index in [-0.39, 0.29) is 17.5 Å². The monoisotopic (exact) mass is 196 g/mol. The molecule has 0 spiro atoms. The van der Waals surface area contributed by atoms with Crippen LogP contribution in [0.4, 0.5) is 10.1 Å². The van der Waals surface area contributed by atoms with E-state index >= 15 is 0 Å². The van der Waals surface area contributed by atoms with Gasteiger partial charge in [-0.15, -0.1) is 0 Å². The molecule has 1 saturated heterocycles. The number of nitrogens with one attached hydrogen (secondary N) is 1. The maximum atomic E-state index is 13.4. The van der Waals surface area contributed by atoms with Gasteiger partial charge in [0.15, 0.2) is 0 Å². The van der Waals surface area contributed by atoms with E-state index in [0.29, 0.717) is 5.56 Å². The molecule has 2 rings (SSSR count). The molecule has 14 heavy (non-hydrogen) atoms. The van der Waals surface area contributed by atoms with Gasteiger partial charge in [-0.25, -0.2) is 4.39 Å². The summed E-state index contributed by atoms with van der Waals surface area (Å²) in [5.41, 5.74) is 6.05. The third-order valence-corrected chi connectivity index (χ3v) is 2.60. The number of hydrogen-bond acceptors (Lipinski definition) is 3. The van der Waals surface area contributed by atoms with Crippen molar-refractivity contribution in [2.45, 2.75) is 18.9 Å². The van der Waals surface area contributed by atoms with Crippen LogP contribution in [0.15, 0.2) is 12.1 Å². The van der Waals surface area contributed by atoms with Gasteiger partial charge < -0.3 is 16.2 Å². The van der Waals surface area contributed by atoms with Gasteiger partial charge in [0, 0.05) is 11.6 Å². The maximum absolute atomic E-state index is 13.4. The molecule has 0 radical (unpaired) electrons. The molecule has 0 aliphatic carbocycles. The standard InChI is InChI=1S/C10H13FN2O/c11-6-3-4-7(12)10(14)9(6)8-2-1-5-13-8/h3-4,8,13-14H,1-2,5,12H2/t8-/m1/s1. The number of nitrogens with two attached hydrogens (primary N) is 1. The molecule has 3 nitrogen and oxygen atoms in total. The van der Waals surface area contributed by atoms with Crippen LogP contribution in [0, 0.1) is 5.82 Å². The van der Waals surface area contributed by atoms with Crippen LogP contribution in [0.1, 0.15) is 24.4 Å². The Balaban J connectivity index is 2.44. The summed E-state index contributed by atoms with van der Waals surface area (Å²) >= 11 is 0. The van der Waals surface area contributed by atoms with Gasteiger partial charge in [-0.2, -0.15) is 0 Å². The van der Waals surface area contributed by atoms with Gasteiger partial charge in [-0.3, -0.25) is 0 Å². The van der Waals surface area contributed by atoms with Crippen LogP contribution < -0.4 is 11.1 Å². The lowest BCUT2D eigenvalue weighted by molar-refractivity contribution is 0.445. The number of halogens is 1. The zero-order valence-electron chi connectivity index (χ0n) is 7.76. The molecule has 0 amide bonds. The summed E-state index contributed by atoms with van der Waals surface area (Å²) in [6, 6.07) is 2.58. The van der Waals surface area contributed by atoms with Crippen molar-refractivity contribution in [3.63, 3.8) is 0 Å². The summed E-state index contributed by atoms with van der Waals surface area (Å²) in [5, 5.41) is 12.8. The molecule has 0 bridgehead atoms. The quantitative estimate of drug-likeness (QED) is 0.471. The van der Waals surface area contributed by atoms with Crippen molar-refractivity contribution in [1.29, 1.82) is 0 Å². The lowest BCUT2D eigenvalue weighted by Gasteiger charge is -2.14. The van der Waals surface area contributed by atoms with Gasteiger partial charge in [-0.1, -0.05) is 0 Å². The molecule has 4 heteroatoms. The number of anilines is 1. The molecule has 0 unspecified atom stereocenters. The van der Waals surface area contributed by atoms with Crippen LogP contribution >= 0.6 is 0 Å². The van der Waals surface area contributed by atoms with Gasteiger partial charge in [0.05, 0.1) is 5.69 Å². The largest absolute Gasteiger partial charge is 0.505 e. The number of aromatic hydroxyl groups is 1. The molecule has 1 aromatic rings. The number of phenolic OH excluding ortho intramolecular Hbond substituents is 1. The Morgan fingerprint density at radius 2 is 2.29 bits per heavy atom. The molecule has 1 atom stereocenters. The smallest absolute Gasteiger partial charge is 0.146 e. The van der Waals surface area contributed by atoms with E-state index in [4.69, 9.17) is 5.73 Å². The predicted molar refractivity (Wildman–Crippen MR) is 52.5 cm³/mol. The number of nitrogen functional groups attached to an aromatic ring is 1. The Hall–Kier alpha value is -1.29. The van der Waals surface area contributed by atoms with Gasteiger partial charge >= 0.3 is 0 Å². The molecular weight excluding hydrogens is 183 g/mol. The van der Waals surface area contributed by atoms with Crippen molar-refractivity contribution in [1.82, 2.24) is 5.32 Å². The maximum Gasteiger partial charge on any atom is 0.146 e. The van der Waals surface area contributed by atoms with Crippen molar-refractivity contribution in [3.8, 4) is 5.75 Å². The average Bonchev–Trinajstić information content (AvgIpc) is 2.65. The Bertz CT molecular complexity index is 348. The van der Waals surface area contributed by atoms with E-state index in [1.807, 2.05) is 0 Å². The predicted octanol–water partition coefficient (Wildman–Crippen LogP) is 1.54. The lowest BCUT2D eigenvalue weighted by Crippen LogP contribution is -2.14. The summed E-state index contributed by atoms with van der Waals surface area (Å²) in [6.45, 7) is 0.859. The molecular formula is C10H13FN2O. The molecule has 0 saturated carbocycles. The Morgan fingerprint density at radius 1 is 1.50 bits per heavy atom. The first kappa shape index (κ1) is 9.27. The van der Waals surface area contributed by atoms with E-state index in [0.717, 1.165) is 19.4 Å². The number of benzene rings is 1. The normalized spacial score (nSPS) is 21.4. The lowest BCUT2D eigenvalue weighted by atomic mass is 10.0. The second-order valence-electron chi connectivity index (χ2n) is 3.55. The van der Waals surface area contributed by atoms with Gasteiger partial charge in [-0.05, 0) is 31.5 Å². The summed E-state index contributed by atoms with van der Waals surface area (Å²) in [4.78, 5) is 0. The molecule has 0 aromatic heterocycles. The minimum Gasteiger partial charge on any atom is -0.505 e. The molecule has 4 N–H and O–H groups in total. The van der Waals surface area contributed by atoms with Gasteiger partial charge in [0.25, 0.3) is 0 Å². The van der Waals surface area contributed by atoms with E-state index in [2.05, 4.69) is 5.32 Å². The fraction of sp³-hybridized carbons (Fsp3) is 0.400. The SMILES string of the molecule is Nc1ccc(F)c([C@H]2CCCN2)c1O. The van der Waals surface area contributed by atoms with Crippen LogP contribution in [-0.2, 0) is 0 Å². The number of rotatable bonds is 1. The minimum absolute atomic E-state index is 0.0986. The third kappa shape index (κ3) is 1.42.